The van der Waals surface area contributed by atoms with Gasteiger partial charge in [-0.2, -0.15) is 0 Å². The number of carbonyl (C=O) groups is 1. The number of carbonyl (C=O) groups excluding carboxylic acids is 1. The van der Waals surface area contributed by atoms with Crippen molar-refractivity contribution in [2.45, 2.75) is 0 Å². The fraction of sp³-hybridized carbons (Fsp3) is 0. The highest BCUT2D eigenvalue weighted by Gasteiger charge is 2.01. The maximum Gasteiger partial charge on any atom is 0.248 e. The summed E-state index contributed by atoms with van der Waals surface area (Å²) < 4.78 is 0. The van der Waals surface area contributed by atoms with Crippen molar-refractivity contribution in [1.82, 2.24) is 4.98 Å². The first-order chi connectivity index (χ1) is 10.7. The number of nitrogens with one attached hydrogen (secondary N) is 1. The first-order valence-corrected chi connectivity index (χ1v) is 7.17. The SMILES string of the molecule is O=C(/C=C/c1ccccc1Cl)Nc1ccc2cnccc2c1. The van der Waals surface area contributed by atoms with Gasteiger partial charge in [0.05, 0.1) is 0 Å². The van der Waals surface area contributed by atoms with Gasteiger partial charge in [0.1, 0.15) is 0 Å². The number of aromatic nitrogens is 1. The first-order valence-electron chi connectivity index (χ1n) is 6.80. The van der Waals surface area contributed by atoms with E-state index in [9.17, 15) is 4.79 Å². The zero-order chi connectivity index (χ0) is 15.4. The summed E-state index contributed by atoms with van der Waals surface area (Å²) in [5.74, 6) is -0.201. The van der Waals surface area contributed by atoms with Gasteiger partial charge in [0.2, 0.25) is 5.91 Å². The lowest BCUT2D eigenvalue weighted by molar-refractivity contribution is -0.111. The van der Waals surface area contributed by atoms with Gasteiger partial charge in [-0.25, -0.2) is 0 Å². The lowest BCUT2D eigenvalue weighted by Crippen LogP contribution is -2.07. The number of rotatable bonds is 3. The van der Waals surface area contributed by atoms with E-state index < -0.39 is 0 Å². The molecule has 0 unspecified atom stereocenters. The van der Waals surface area contributed by atoms with Crippen LogP contribution in [0.3, 0.4) is 0 Å². The van der Waals surface area contributed by atoms with Crippen LogP contribution in [0.1, 0.15) is 5.56 Å². The lowest BCUT2D eigenvalue weighted by atomic mass is 10.1. The van der Waals surface area contributed by atoms with Gasteiger partial charge in [0, 0.05) is 34.6 Å². The van der Waals surface area contributed by atoms with Crippen LogP contribution >= 0.6 is 11.6 Å². The molecule has 0 atom stereocenters. The number of hydrogen-bond acceptors (Lipinski definition) is 2. The molecule has 0 aliphatic heterocycles. The minimum Gasteiger partial charge on any atom is -0.322 e. The van der Waals surface area contributed by atoms with E-state index in [1.165, 1.54) is 6.08 Å². The number of nitrogens with zero attached hydrogens (tertiary/aromatic N) is 1. The average Bonchev–Trinajstić information content (AvgIpc) is 2.54. The lowest BCUT2D eigenvalue weighted by Gasteiger charge is -2.04. The van der Waals surface area contributed by atoms with E-state index in [2.05, 4.69) is 10.3 Å². The summed E-state index contributed by atoms with van der Waals surface area (Å²) >= 11 is 6.04. The molecule has 0 fully saturated rings. The van der Waals surface area contributed by atoms with Crippen LogP contribution in [-0.2, 0) is 4.79 Å². The molecule has 22 heavy (non-hydrogen) atoms. The van der Waals surface area contributed by atoms with E-state index in [1.54, 1.807) is 24.5 Å². The minimum atomic E-state index is -0.201. The van der Waals surface area contributed by atoms with Gasteiger partial charge in [0.25, 0.3) is 0 Å². The highest BCUT2D eigenvalue weighted by molar-refractivity contribution is 6.32. The van der Waals surface area contributed by atoms with Crippen molar-refractivity contribution in [3.05, 3.63) is 77.6 Å². The van der Waals surface area contributed by atoms with Crippen molar-refractivity contribution in [3.8, 4) is 0 Å². The molecule has 0 saturated heterocycles. The molecule has 0 spiro atoms. The molecule has 0 aliphatic rings. The van der Waals surface area contributed by atoms with Crippen LogP contribution < -0.4 is 5.32 Å². The highest BCUT2D eigenvalue weighted by Crippen LogP contribution is 2.19. The predicted octanol–water partition coefficient (Wildman–Crippen LogP) is 4.54. The summed E-state index contributed by atoms with van der Waals surface area (Å²) in [6, 6.07) is 15.0. The van der Waals surface area contributed by atoms with Gasteiger partial charge < -0.3 is 5.32 Å². The third kappa shape index (κ3) is 3.32. The van der Waals surface area contributed by atoms with Crippen molar-refractivity contribution in [1.29, 1.82) is 0 Å². The Morgan fingerprint density at radius 2 is 1.95 bits per heavy atom. The average molecular weight is 309 g/mol. The van der Waals surface area contributed by atoms with Gasteiger partial charge in [-0.15, -0.1) is 0 Å². The molecule has 3 rings (SSSR count). The molecule has 2 aromatic carbocycles. The zero-order valence-electron chi connectivity index (χ0n) is 11.7. The van der Waals surface area contributed by atoms with E-state index in [0.717, 1.165) is 22.0 Å². The molecule has 1 amide bonds. The summed E-state index contributed by atoms with van der Waals surface area (Å²) in [6.45, 7) is 0. The molecule has 3 nitrogen and oxygen atoms in total. The van der Waals surface area contributed by atoms with E-state index in [0.29, 0.717) is 5.02 Å². The van der Waals surface area contributed by atoms with Crippen molar-refractivity contribution >= 4 is 40.0 Å². The second-order valence-electron chi connectivity index (χ2n) is 4.78. The molecular weight excluding hydrogens is 296 g/mol. The fourth-order valence-corrected chi connectivity index (χ4v) is 2.32. The summed E-state index contributed by atoms with van der Waals surface area (Å²) in [5, 5.41) is 5.51. The van der Waals surface area contributed by atoms with Crippen LogP contribution in [0.5, 0.6) is 0 Å². The Kier molecular flexibility index (Phi) is 4.17. The van der Waals surface area contributed by atoms with E-state index in [4.69, 9.17) is 11.6 Å². The van der Waals surface area contributed by atoms with Crippen molar-refractivity contribution in [2.75, 3.05) is 5.32 Å². The van der Waals surface area contributed by atoms with Crippen LogP contribution in [0.4, 0.5) is 5.69 Å². The quantitative estimate of drug-likeness (QED) is 0.722. The van der Waals surface area contributed by atoms with E-state index in [-0.39, 0.29) is 5.91 Å². The first kappa shape index (κ1) is 14.3. The highest BCUT2D eigenvalue weighted by atomic mass is 35.5. The number of hydrogen-bond donors (Lipinski definition) is 1. The number of amides is 1. The summed E-state index contributed by atoms with van der Waals surface area (Å²) in [6.07, 6.45) is 6.68. The normalized spacial score (nSPS) is 11.0. The maximum absolute atomic E-state index is 12.0. The molecular formula is C18H13ClN2O. The molecule has 1 heterocycles. The van der Waals surface area contributed by atoms with Gasteiger partial charge in [-0.1, -0.05) is 35.9 Å². The largest absolute Gasteiger partial charge is 0.322 e. The van der Waals surface area contributed by atoms with Gasteiger partial charge in [0.15, 0.2) is 0 Å². The zero-order valence-corrected chi connectivity index (χ0v) is 12.4. The fourth-order valence-electron chi connectivity index (χ4n) is 2.12. The number of benzene rings is 2. The Labute approximate surface area is 133 Å². The van der Waals surface area contributed by atoms with Gasteiger partial charge >= 0.3 is 0 Å². The Morgan fingerprint density at radius 1 is 1.09 bits per heavy atom. The van der Waals surface area contributed by atoms with E-state index >= 15 is 0 Å². The van der Waals surface area contributed by atoms with Crippen LogP contribution in [-0.4, -0.2) is 10.9 Å². The topological polar surface area (TPSA) is 42.0 Å². The molecule has 0 saturated carbocycles. The number of halogens is 1. The monoisotopic (exact) mass is 308 g/mol. The molecule has 3 aromatic rings. The van der Waals surface area contributed by atoms with Crippen molar-refractivity contribution in [3.63, 3.8) is 0 Å². The predicted molar refractivity (Wildman–Crippen MR) is 90.9 cm³/mol. The van der Waals surface area contributed by atoms with Gasteiger partial charge in [-0.05, 0) is 41.3 Å². The van der Waals surface area contributed by atoms with Crippen LogP contribution in [0.25, 0.3) is 16.8 Å². The Balaban J connectivity index is 1.74. The Morgan fingerprint density at radius 3 is 2.82 bits per heavy atom. The molecule has 0 bridgehead atoms. The molecule has 1 N–H and O–H groups in total. The minimum absolute atomic E-state index is 0.201. The van der Waals surface area contributed by atoms with Gasteiger partial charge in [-0.3, -0.25) is 9.78 Å². The molecule has 0 aliphatic carbocycles. The number of fused-ring (bicyclic) bond motifs is 1. The molecule has 108 valence electrons. The van der Waals surface area contributed by atoms with Crippen molar-refractivity contribution < 1.29 is 4.79 Å². The van der Waals surface area contributed by atoms with Crippen LogP contribution in [0, 0.1) is 0 Å². The van der Waals surface area contributed by atoms with Crippen LogP contribution in [0.2, 0.25) is 5.02 Å². The third-order valence-electron chi connectivity index (χ3n) is 3.23. The number of pyridine rings is 1. The molecule has 4 heteroatoms. The summed E-state index contributed by atoms with van der Waals surface area (Å²) in [4.78, 5) is 16.0. The number of anilines is 1. The summed E-state index contributed by atoms with van der Waals surface area (Å²) in [7, 11) is 0. The second kappa shape index (κ2) is 6.41. The molecule has 0 radical (unpaired) electrons. The molecule has 1 aromatic heterocycles. The van der Waals surface area contributed by atoms with E-state index in [1.807, 2.05) is 42.5 Å². The van der Waals surface area contributed by atoms with Crippen molar-refractivity contribution in [2.24, 2.45) is 0 Å². The summed E-state index contributed by atoms with van der Waals surface area (Å²) in [5.41, 5.74) is 1.55. The second-order valence-corrected chi connectivity index (χ2v) is 5.19. The third-order valence-corrected chi connectivity index (χ3v) is 3.57. The Bertz CT molecular complexity index is 858. The maximum atomic E-state index is 12.0. The standard InChI is InChI=1S/C18H13ClN2O/c19-17-4-2-1-3-13(17)6-8-18(22)21-16-7-5-15-12-20-10-9-14(15)11-16/h1-12H,(H,21,22)/b8-6+. The Hall–Kier alpha value is -2.65. The smallest absolute Gasteiger partial charge is 0.248 e. The van der Waals surface area contributed by atoms with Crippen LogP contribution in [0.15, 0.2) is 67.0 Å².